The molecule has 0 spiro atoms. The van der Waals surface area contributed by atoms with Crippen molar-refractivity contribution in [2.45, 2.75) is 25.1 Å². The lowest BCUT2D eigenvalue weighted by Crippen LogP contribution is -2.15. The van der Waals surface area contributed by atoms with E-state index in [1.165, 1.54) is 0 Å². The summed E-state index contributed by atoms with van der Waals surface area (Å²) in [6.45, 7) is 3.47. The average Bonchev–Trinajstić information content (AvgIpc) is 2.27. The van der Waals surface area contributed by atoms with Crippen molar-refractivity contribution in [1.29, 1.82) is 0 Å². The van der Waals surface area contributed by atoms with E-state index < -0.39 is 28.6 Å². The first-order chi connectivity index (χ1) is 8.27. The van der Waals surface area contributed by atoms with Crippen LogP contribution in [-0.4, -0.2) is 0 Å². The van der Waals surface area contributed by atoms with Gasteiger partial charge in [-0.1, -0.05) is 17.7 Å². The summed E-state index contributed by atoms with van der Waals surface area (Å²) in [5.74, 6) is -0.902. The second-order valence-electron chi connectivity index (χ2n) is 3.83. The number of benzene rings is 1. The topological polar surface area (TPSA) is 26.0 Å². The Kier molecular flexibility index (Phi) is 4.76. The first-order valence-corrected chi connectivity index (χ1v) is 5.57. The highest BCUT2D eigenvalue weighted by Crippen LogP contribution is 2.35. The lowest BCUT2D eigenvalue weighted by atomic mass is 9.99. The smallest absolute Gasteiger partial charge is 0.324 e. The summed E-state index contributed by atoms with van der Waals surface area (Å²) in [7, 11) is 0. The third-order valence-electron chi connectivity index (χ3n) is 2.46. The van der Waals surface area contributed by atoms with Gasteiger partial charge in [0.05, 0.1) is 10.6 Å². The molecule has 0 aliphatic heterocycles. The number of rotatable bonds is 4. The molecule has 100 valence electrons. The number of nitrogens with two attached hydrogens (primary N) is 1. The van der Waals surface area contributed by atoms with Crippen LogP contribution < -0.4 is 5.73 Å². The largest absolute Gasteiger partial charge is 0.416 e. The van der Waals surface area contributed by atoms with Crippen molar-refractivity contribution >= 4 is 11.6 Å². The number of halogens is 5. The van der Waals surface area contributed by atoms with Gasteiger partial charge in [-0.25, -0.2) is 4.39 Å². The summed E-state index contributed by atoms with van der Waals surface area (Å²) in [6, 6.07) is 0.415. The molecule has 0 fully saturated rings. The molecule has 18 heavy (non-hydrogen) atoms. The second kappa shape index (κ2) is 5.71. The molecule has 0 aromatic heterocycles. The van der Waals surface area contributed by atoms with E-state index in [2.05, 4.69) is 6.58 Å². The predicted molar refractivity (Wildman–Crippen MR) is 62.8 cm³/mol. The highest BCUT2D eigenvalue weighted by molar-refractivity contribution is 6.30. The number of alkyl halides is 3. The van der Waals surface area contributed by atoms with Crippen LogP contribution in [0.5, 0.6) is 0 Å². The van der Waals surface area contributed by atoms with Gasteiger partial charge in [0.15, 0.2) is 0 Å². The zero-order valence-corrected chi connectivity index (χ0v) is 10.2. The van der Waals surface area contributed by atoms with Crippen molar-refractivity contribution < 1.29 is 17.6 Å². The maximum Gasteiger partial charge on any atom is 0.416 e. The molecule has 1 atom stereocenters. The van der Waals surface area contributed by atoms with Gasteiger partial charge in [0.2, 0.25) is 0 Å². The predicted octanol–water partition coefficient (Wildman–Crippen LogP) is 4.46. The number of hydrogen-bond acceptors (Lipinski definition) is 1. The van der Waals surface area contributed by atoms with Gasteiger partial charge in [0, 0.05) is 11.6 Å². The van der Waals surface area contributed by atoms with E-state index >= 15 is 0 Å². The highest BCUT2D eigenvalue weighted by Gasteiger charge is 2.32. The quantitative estimate of drug-likeness (QED) is 0.640. The van der Waals surface area contributed by atoms with Crippen LogP contribution in [0.1, 0.15) is 30.0 Å². The van der Waals surface area contributed by atoms with E-state index in [0.29, 0.717) is 25.0 Å². The second-order valence-corrected chi connectivity index (χ2v) is 4.24. The molecule has 0 aliphatic carbocycles. The van der Waals surface area contributed by atoms with Crippen LogP contribution in [0.3, 0.4) is 0 Å². The van der Waals surface area contributed by atoms with Gasteiger partial charge in [0.1, 0.15) is 5.82 Å². The molecule has 0 heterocycles. The van der Waals surface area contributed by atoms with E-state index in [1.807, 2.05) is 0 Å². The van der Waals surface area contributed by atoms with Crippen LogP contribution in [0.25, 0.3) is 0 Å². The average molecular weight is 282 g/mol. The Bertz CT molecular complexity index is 442. The van der Waals surface area contributed by atoms with Gasteiger partial charge in [-0.3, -0.25) is 0 Å². The van der Waals surface area contributed by atoms with Gasteiger partial charge in [-0.2, -0.15) is 13.2 Å². The first kappa shape index (κ1) is 15.0. The number of allylic oxidation sites excluding steroid dienone is 1. The molecule has 0 saturated heterocycles. The maximum atomic E-state index is 13.6. The van der Waals surface area contributed by atoms with Crippen LogP contribution in [0.2, 0.25) is 5.02 Å². The fraction of sp³-hybridized carbons (Fsp3) is 0.333. The third-order valence-corrected chi connectivity index (χ3v) is 2.74. The lowest BCUT2D eigenvalue weighted by molar-refractivity contribution is -0.137. The van der Waals surface area contributed by atoms with Crippen molar-refractivity contribution in [3.8, 4) is 0 Å². The fourth-order valence-electron chi connectivity index (χ4n) is 1.50. The van der Waals surface area contributed by atoms with E-state index in [1.54, 1.807) is 6.08 Å². The van der Waals surface area contributed by atoms with E-state index in [9.17, 15) is 17.6 Å². The Morgan fingerprint density at radius 2 is 2.00 bits per heavy atom. The Hall–Kier alpha value is -1.07. The molecule has 0 radical (unpaired) electrons. The van der Waals surface area contributed by atoms with Crippen LogP contribution in [0, 0.1) is 5.82 Å². The standard InChI is InChI=1S/C12H12ClF4N/c1-2-3-4-10(18)8-5-7(12(15,16)17)6-9(13)11(8)14/h2,5-6,10H,1,3-4,18H2/t10-/m0/s1. The Labute approximate surface area is 107 Å². The van der Waals surface area contributed by atoms with Crippen molar-refractivity contribution in [1.82, 2.24) is 0 Å². The van der Waals surface area contributed by atoms with Crippen LogP contribution >= 0.6 is 11.6 Å². The van der Waals surface area contributed by atoms with E-state index in [4.69, 9.17) is 17.3 Å². The normalized spacial score (nSPS) is 13.4. The molecule has 0 bridgehead atoms. The summed E-state index contributed by atoms with van der Waals surface area (Å²) >= 11 is 5.45. The Balaban J connectivity index is 3.17. The monoisotopic (exact) mass is 281 g/mol. The molecule has 1 rings (SSSR count). The van der Waals surface area contributed by atoms with Gasteiger partial charge >= 0.3 is 6.18 Å². The molecule has 1 aromatic rings. The lowest BCUT2D eigenvalue weighted by Gasteiger charge is -2.16. The summed E-state index contributed by atoms with van der Waals surface area (Å²) in [5.41, 5.74) is 4.42. The van der Waals surface area contributed by atoms with Gasteiger partial charge in [-0.05, 0) is 25.0 Å². The minimum absolute atomic E-state index is 0.225. The zero-order chi connectivity index (χ0) is 13.9. The molecular formula is C12H12ClF4N. The highest BCUT2D eigenvalue weighted by atomic mass is 35.5. The summed E-state index contributed by atoms with van der Waals surface area (Å²) in [4.78, 5) is 0. The van der Waals surface area contributed by atoms with Crippen molar-refractivity contribution in [3.05, 3.63) is 46.8 Å². The molecule has 0 aliphatic rings. The van der Waals surface area contributed by atoms with E-state index in [0.717, 1.165) is 0 Å². The third kappa shape index (κ3) is 3.46. The maximum absolute atomic E-state index is 13.6. The first-order valence-electron chi connectivity index (χ1n) is 5.20. The Morgan fingerprint density at radius 1 is 1.39 bits per heavy atom. The van der Waals surface area contributed by atoms with Crippen molar-refractivity contribution in [2.24, 2.45) is 5.73 Å². The van der Waals surface area contributed by atoms with E-state index in [-0.39, 0.29) is 5.56 Å². The summed E-state index contributed by atoms with van der Waals surface area (Å²) in [5, 5.41) is -0.575. The van der Waals surface area contributed by atoms with Crippen LogP contribution in [0.4, 0.5) is 17.6 Å². The Morgan fingerprint density at radius 3 is 2.50 bits per heavy atom. The minimum Gasteiger partial charge on any atom is -0.324 e. The van der Waals surface area contributed by atoms with Gasteiger partial charge < -0.3 is 5.73 Å². The molecule has 1 aromatic carbocycles. The molecule has 2 N–H and O–H groups in total. The SMILES string of the molecule is C=CCC[C@H](N)c1cc(C(F)(F)F)cc(Cl)c1F. The molecular weight excluding hydrogens is 270 g/mol. The van der Waals surface area contributed by atoms with Crippen molar-refractivity contribution in [3.63, 3.8) is 0 Å². The van der Waals surface area contributed by atoms with Gasteiger partial charge in [-0.15, -0.1) is 6.58 Å². The van der Waals surface area contributed by atoms with Crippen molar-refractivity contribution in [2.75, 3.05) is 0 Å². The summed E-state index contributed by atoms with van der Waals surface area (Å²) in [6.07, 6.45) is -2.23. The molecule has 1 nitrogen and oxygen atoms in total. The van der Waals surface area contributed by atoms with Crippen LogP contribution in [-0.2, 0) is 6.18 Å². The molecule has 0 amide bonds. The fourth-order valence-corrected chi connectivity index (χ4v) is 1.72. The number of hydrogen-bond donors (Lipinski definition) is 1. The molecule has 0 unspecified atom stereocenters. The zero-order valence-electron chi connectivity index (χ0n) is 9.40. The van der Waals surface area contributed by atoms with Crippen LogP contribution in [0.15, 0.2) is 24.8 Å². The molecule has 0 saturated carbocycles. The summed E-state index contributed by atoms with van der Waals surface area (Å²) < 4.78 is 51.3. The van der Waals surface area contributed by atoms with Gasteiger partial charge in [0.25, 0.3) is 0 Å². The minimum atomic E-state index is -4.58. The molecule has 6 heteroatoms.